The van der Waals surface area contributed by atoms with Crippen molar-refractivity contribution >= 4 is 5.97 Å². The molecule has 17 heavy (non-hydrogen) atoms. The first-order chi connectivity index (χ1) is 8.13. The van der Waals surface area contributed by atoms with Crippen LogP contribution in [0.1, 0.15) is 37.0 Å². The molecular weight excluding hydrogens is 218 g/mol. The van der Waals surface area contributed by atoms with Crippen molar-refractivity contribution in [2.75, 3.05) is 13.7 Å². The molecule has 4 heteroatoms. The molecule has 0 spiro atoms. The van der Waals surface area contributed by atoms with Crippen LogP contribution >= 0.6 is 0 Å². The molecule has 0 aliphatic rings. The van der Waals surface area contributed by atoms with Crippen LogP contribution in [-0.2, 0) is 4.74 Å². The highest BCUT2D eigenvalue weighted by Crippen LogP contribution is 2.11. The lowest BCUT2D eigenvalue weighted by Gasteiger charge is -2.07. The van der Waals surface area contributed by atoms with Gasteiger partial charge in [-0.15, -0.1) is 0 Å². The quantitative estimate of drug-likeness (QED) is 0.563. The van der Waals surface area contributed by atoms with Gasteiger partial charge in [-0.05, 0) is 24.8 Å². The molecule has 0 radical (unpaired) electrons. The number of methoxy groups -OCH3 is 1. The molecule has 0 saturated carbocycles. The van der Waals surface area contributed by atoms with E-state index in [9.17, 15) is 4.79 Å². The summed E-state index contributed by atoms with van der Waals surface area (Å²) < 4.78 is 10.1. The second-order valence-electron chi connectivity index (χ2n) is 4.26. The van der Waals surface area contributed by atoms with Gasteiger partial charge in [0.1, 0.15) is 0 Å². The van der Waals surface area contributed by atoms with Crippen molar-refractivity contribution in [3.8, 4) is 5.88 Å². The zero-order valence-electron chi connectivity index (χ0n) is 10.6. The van der Waals surface area contributed by atoms with Crippen LogP contribution in [0, 0.1) is 5.92 Å². The van der Waals surface area contributed by atoms with Crippen molar-refractivity contribution < 1.29 is 14.3 Å². The van der Waals surface area contributed by atoms with Gasteiger partial charge in [-0.1, -0.05) is 13.8 Å². The summed E-state index contributed by atoms with van der Waals surface area (Å²) in [5.74, 6) is 0.768. The lowest BCUT2D eigenvalue weighted by Crippen LogP contribution is -2.04. The van der Waals surface area contributed by atoms with Gasteiger partial charge in [0.25, 0.3) is 0 Å². The first-order valence-electron chi connectivity index (χ1n) is 5.80. The third-order valence-electron chi connectivity index (χ3n) is 2.33. The fourth-order valence-electron chi connectivity index (χ4n) is 1.40. The molecule has 0 saturated heterocycles. The highest BCUT2D eigenvalue weighted by molar-refractivity contribution is 5.89. The largest absolute Gasteiger partial charge is 0.478 e. The van der Waals surface area contributed by atoms with Gasteiger partial charge in [0, 0.05) is 12.3 Å². The summed E-state index contributed by atoms with van der Waals surface area (Å²) in [4.78, 5) is 15.3. The smallest absolute Gasteiger partial charge is 0.338 e. The third-order valence-corrected chi connectivity index (χ3v) is 2.33. The lowest BCUT2D eigenvalue weighted by molar-refractivity contribution is 0.0600. The van der Waals surface area contributed by atoms with E-state index in [1.165, 1.54) is 7.11 Å². The molecule has 0 unspecified atom stereocenters. The molecule has 0 aromatic carbocycles. The van der Waals surface area contributed by atoms with Crippen LogP contribution in [0.3, 0.4) is 0 Å². The number of hydrogen-bond acceptors (Lipinski definition) is 4. The number of nitrogens with zero attached hydrogens (tertiary/aromatic N) is 1. The van der Waals surface area contributed by atoms with Crippen molar-refractivity contribution in [2.45, 2.75) is 26.7 Å². The molecule has 1 rings (SSSR count). The number of aromatic nitrogens is 1. The summed E-state index contributed by atoms with van der Waals surface area (Å²) in [5, 5.41) is 0. The molecule has 1 aromatic rings. The Morgan fingerprint density at radius 2 is 2.24 bits per heavy atom. The number of ether oxygens (including phenoxy) is 2. The normalized spacial score (nSPS) is 10.4. The van der Waals surface area contributed by atoms with E-state index in [1.807, 2.05) is 0 Å². The van der Waals surface area contributed by atoms with Gasteiger partial charge in [-0.25, -0.2) is 9.78 Å². The van der Waals surface area contributed by atoms with Crippen LogP contribution in [0.2, 0.25) is 0 Å². The summed E-state index contributed by atoms with van der Waals surface area (Å²) in [6.45, 7) is 4.97. The Kier molecular flexibility index (Phi) is 5.46. The van der Waals surface area contributed by atoms with Crippen molar-refractivity contribution in [1.82, 2.24) is 4.98 Å². The lowest BCUT2D eigenvalue weighted by atomic mass is 10.1. The zero-order chi connectivity index (χ0) is 12.7. The number of carbonyl (C=O) groups is 1. The summed E-state index contributed by atoms with van der Waals surface area (Å²) >= 11 is 0. The summed E-state index contributed by atoms with van der Waals surface area (Å²) in [7, 11) is 1.35. The van der Waals surface area contributed by atoms with Crippen LogP contribution < -0.4 is 4.74 Å². The van der Waals surface area contributed by atoms with Crippen LogP contribution in [0.25, 0.3) is 0 Å². The van der Waals surface area contributed by atoms with Gasteiger partial charge in [-0.3, -0.25) is 0 Å². The SMILES string of the molecule is COC(=O)c1ccnc(OCCCC(C)C)c1. The predicted octanol–water partition coefficient (Wildman–Crippen LogP) is 2.68. The number of carbonyl (C=O) groups excluding carboxylic acids is 1. The van der Waals surface area contributed by atoms with E-state index in [-0.39, 0.29) is 5.97 Å². The molecular formula is C13H19NO3. The van der Waals surface area contributed by atoms with Gasteiger partial charge in [-0.2, -0.15) is 0 Å². The van der Waals surface area contributed by atoms with Crippen LogP contribution in [0.4, 0.5) is 0 Å². The highest BCUT2D eigenvalue weighted by Gasteiger charge is 2.06. The van der Waals surface area contributed by atoms with Gasteiger partial charge in [0.2, 0.25) is 5.88 Å². The van der Waals surface area contributed by atoms with Gasteiger partial charge in [0.05, 0.1) is 19.3 Å². The monoisotopic (exact) mass is 237 g/mol. The highest BCUT2D eigenvalue weighted by atomic mass is 16.5. The Morgan fingerprint density at radius 1 is 1.47 bits per heavy atom. The minimum atomic E-state index is -0.376. The minimum Gasteiger partial charge on any atom is -0.478 e. The van der Waals surface area contributed by atoms with E-state index in [2.05, 4.69) is 23.6 Å². The molecule has 0 aliphatic heterocycles. The van der Waals surface area contributed by atoms with E-state index >= 15 is 0 Å². The van der Waals surface area contributed by atoms with E-state index in [1.54, 1.807) is 18.3 Å². The Balaban J connectivity index is 2.46. The Morgan fingerprint density at radius 3 is 2.88 bits per heavy atom. The summed E-state index contributed by atoms with van der Waals surface area (Å²) in [5.41, 5.74) is 0.460. The van der Waals surface area contributed by atoms with Crippen molar-refractivity contribution in [3.63, 3.8) is 0 Å². The summed E-state index contributed by atoms with van der Waals surface area (Å²) in [6.07, 6.45) is 3.66. The number of hydrogen-bond donors (Lipinski definition) is 0. The van der Waals surface area contributed by atoms with E-state index in [4.69, 9.17) is 4.74 Å². The molecule has 0 atom stereocenters. The molecule has 0 bridgehead atoms. The second kappa shape index (κ2) is 6.89. The van der Waals surface area contributed by atoms with E-state index < -0.39 is 0 Å². The standard InChI is InChI=1S/C13H19NO3/c1-10(2)5-4-8-17-12-9-11(6-7-14-12)13(15)16-3/h6-7,9-10H,4-5,8H2,1-3H3. The minimum absolute atomic E-state index is 0.376. The van der Waals surface area contributed by atoms with E-state index in [0.29, 0.717) is 24.0 Å². The second-order valence-corrected chi connectivity index (χ2v) is 4.26. The van der Waals surface area contributed by atoms with Crippen LogP contribution in [-0.4, -0.2) is 24.7 Å². The van der Waals surface area contributed by atoms with Crippen molar-refractivity contribution in [2.24, 2.45) is 5.92 Å². The Hall–Kier alpha value is -1.58. The first kappa shape index (κ1) is 13.5. The first-order valence-corrected chi connectivity index (χ1v) is 5.80. The van der Waals surface area contributed by atoms with Gasteiger partial charge < -0.3 is 9.47 Å². The van der Waals surface area contributed by atoms with Gasteiger partial charge in [0.15, 0.2) is 0 Å². The zero-order valence-corrected chi connectivity index (χ0v) is 10.6. The van der Waals surface area contributed by atoms with Crippen molar-refractivity contribution in [3.05, 3.63) is 23.9 Å². The number of pyridine rings is 1. The molecule has 0 N–H and O–H groups in total. The Bertz CT molecular complexity index is 363. The average Bonchev–Trinajstić information content (AvgIpc) is 2.34. The molecule has 4 nitrogen and oxygen atoms in total. The van der Waals surface area contributed by atoms with Crippen LogP contribution in [0.15, 0.2) is 18.3 Å². The molecule has 94 valence electrons. The summed E-state index contributed by atoms with van der Waals surface area (Å²) in [6, 6.07) is 3.20. The average molecular weight is 237 g/mol. The fourth-order valence-corrected chi connectivity index (χ4v) is 1.40. The number of rotatable bonds is 6. The number of esters is 1. The fraction of sp³-hybridized carbons (Fsp3) is 0.538. The van der Waals surface area contributed by atoms with E-state index in [0.717, 1.165) is 12.8 Å². The maximum absolute atomic E-state index is 11.3. The molecule has 0 aliphatic carbocycles. The molecule has 0 fully saturated rings. The maximum Gasteiger partial charge on any atom is 0.338 e. The topological polar surface area (TPSA) is 48.4 Å². The Labute approximate surface area is 102 Å². The van der Waals surface area contributed by atoms with Crippen LogP contribution in [0.5, 0.6) is 5.88 Å². The molecule has 0 amide bonds. The third kappa shape index (κ3) is 4.85. The van der Waals surface area contributed by atoms with Gasteiger partial charge >= 0.3 is 5.97 Å². The predicted molar refractivity (Wildman–Crippen MR) is 65.1 cm³/mol. The molecule has 1 aromatic heterocycles. The van der Waals surface area contributed by atoms with Crippen molar-refractivity contribution in [1.29, 1.82) is 0 Å². The molecule has 1 heterocycles. The maximum atomic E-state index is 11.3.